The predicted molar refractivity (Wildman–Crippen MR) is 79.0 cm³/mol. The van der Waals surface area contributed by atoms with Crippen LogP contribution in [0.2, 0.25) is 0 Å². The van der Waals surface area contributed by atoms with Crippen LogP contribution in [-0.4, -0.2) is 59.6 Å². The number of morpholine rings is 1. The molecule has 1 saturated heterocycles. The lowest BCUT2D eigenvalue weighted by Gasteiger charge is -2.31. The highest BCUT2D eigenvalue weighted by Gasteiger charge is 2.22. The Morgan fingerprint density at radius 2 is 2.36 bits per heavy atom. The second-order valence-corrected chi connectivity index (χ2v) is 5.25. The number of pyridine rings is 1. The van der Waals surface area contributed by atoms with Gasteiger partial charge in [0.05, 0.1) is 24.8 Å². The van der Waals surface area contributed by atoms with E-state index in [1.165, 1.54) is 0 Å². The van der Waals surface area contributed by atoms with E-state index in [4.69, 9.17) is 13.9 Å². The van der Waals surface area contributed by atoms with Crippen molar-refractivity contribution in [3.05, 3.63) is 30.4 Å². The molecule has 22 heavy (non-hydrogen) atoms. The number of methoxy groups -OCH3 is 1. The largest absolute Gasteiger partial charge is 0.419 e. The van der Waals surface area contributed by atoms with Crippen LogP contribution in [0.4, 0.5) is 0 Å². The summed E-state index contributed by atoms with van der Waals surface area (Å²) < 4.78 is 16.6. The van der Waals surface area contributed by atoms with Crippen molar-refractivity contribution in [1.82, 2.24) is 20.1 Å². The van der Waals surface area contributed by atoms with Crippen molar-refractivity contribution in [2.75, 3.05) is 33.4 Å². The van der Waals surface area contributed by atoms with Crippen LogP contribution < -0.4 is 0 Å². The molecular weight excluding hydrogens is 284 g/mol. The van der Waals surface area contributed by atoms with Crippen molar-refractivity contribution in [1.29, 1.82) is 0 Å². The molecule has 0 saturated carbocycles. The zero-order valence-electron chi connectivity index (χ0n) is 12.6. The maximum absolute atomic E-state index is 5.73. The lowest BCUT2D eigenvalue weighted by Crippen LogP contribution is -2.42. The zero-order chi connectivity index (χ0) is 15.2. The molecule has 0 aliphatic carbocycles. The molecule has 7 heteroatoms. The monoisotopic (exact) mass is 304 g/mol. The van der Waals surface area contributed by atoms with Crippen LogP contribution >= 0.6 is 0 Å². The molecule has 7 nitrogen and oxygen atoms in total. The topological polar surface area (TPSA) is 73.5 Å². The number of hydrogen-bond acceptors (Lipinski definition) is 7. The molecule has 0 amide bonds. The molecule has 1 aliphatic rings. The van der Waals surface area contributed by atoms with Gasteiger partial charge in [0.15, 0.2) is 0 Å². The van der Waals surface area contributed by atoms with Crippen LogP contribution in [-0.2, 0) is 16.0 Å². The third-order valence-corrected chi connectivity index (χ3v) is 3.60. The van der Waals surface area contributed by atoms with Gasteiger partial charge < -0.3 is 13.9 Å². The number of aromatic nitrogens is 3. The van der Waals surface area contributed by atoms with Gasteiger partial charge in [-0.05, 0) is 18.6 Å². The first-order valence-corrected chi connectivity index (χ1v) is 7.41. The summed E-state index contributed by atoms with van der Waals surface area (Å²) in [6.07, 6.45) is 4.54. The summed E-state index contributed by atoms with van der Waals surface area (Å²) in [5.41, 5.74) is 0.834. The van der Waals surface area contributed by atoms with Crippen molar-refractivity contribution in [3.63, 3.8) is 0 Å². The maximum atomic E-state index is 5.73. The lowest BCUT2D eigenvalue weighted by molar-refractivity contribution is -0.0451. The summed E-state index contributed by atoms with van der Waals surface area (Å²) in [5, 5.41) is 8.21. The van der Waals surface area contributed by atoms with Gasteiger partial charge in [-0.1, -0.05) is 0 Å². The summed E-state index contributed by atoms with van der Waals surface area (Å²) in [4.78, 5) is 6.33. The van der Waals surface area contributed by atoms with Crippen LogP contribution in [0.25, 0.3) is 11.5 Å². The summed E-state index contributed by atoms with van der Waals surface area (Å²) in [6, 6.07) is 3.75. The van der Waals surface area contributed by atoms with Gasteiger partial charge in [-0.15, -0.1) is 10.2 Å². The van der Waals surface area contributed by atoms with Crippen LogP contribution in [0.15, 0.2) is 28.9 Å². The van der Waals surface area contributed by atoms with E-state index in [1.807, 2.05) is 12.1 Å². The SMILES string of the molecule is COCC[C@H]1CN(Cc2nnc(-c3cccnc3)o2)CCO1. The summed E-state index contributed by atoms with van der Waals surface area (Å²) in [6.45, 7) is 3.80. The van der Waals surface area contributed by atoms with Crippen molar-refractivity contribution >= 4 is 0 Å². The first-order chi connectivity index (χ1) is 10.8. The molecule has 0 N–H and O–H groups in total. The first kappa shape index (κ1) is 15.1. The van der Waals surface area contributed by atoms with E-state index >= 15 is 0 Å². The molecule has 3 rings (SSSR count). The molecule has 0 aromatic carbocycles. The van der Waals surface area contributed by atoms with Crippen molar-refractivity contribution in [3.8, 4) is 11.5 Å². The van der Waals surface area contributed by atoms with E-state index in [9.17, 15) is 0 Å². The Bertz CT molecular complexity index is 575. The van der Waals surface area contributed by atoms with E-state index < -0.39 is 0 Å². The molecule has 0 spiro atoms. The van der Waals surface area contributed by atoms with Crippen LogP contribution in [0.1, 0.15) is 12.3 Å². The molecule has 1 aliphatic heterocycles. The Morgan fingerprint density at radius 3 is 3.18 bits per heavy atom. The summed E-state index contributed by atoms with van der Waals surface area (Å²) in [7, 11) is 1.71. The number of hydrogen-bond donors (Lipinski definition) is 0. The fourth-order valence-corrected chi connectivity index (χ4v) is 2.46. The molecule has 1 fully saturated rings. The Hall–Kier alpha value is -1.83. The second kappa shape index (κ2) is 7.44. The Kier molecular flexibility index (Phi) is 5.10. The van der Waals surface area contributed by atoms with Crippen LogP contribution in [0.5, 0.6) is 0 Å². The molecule has 118 valence electrons. The Labute approximate surface area is 129 Å². The molecule has 1 atom stereocenters. The normalized spacial score (nSPS) is 19.4. The smallest absolute Gasteiger partial charge is 0.249 e. The standard InChI is InChI=1S/C15H20N4O3/c1-20-7-4-13-10-19(6-8-21-13)11-14-17-18-15(22-14)12-3-2-5-16-9-12/h2-3,5,9,13H,4,6-8,10-11H2,1H3/t13-/m0/s1. The quantitative estimate of drug-likeness (QED) is 0.798. The highest BCUT2D eigenvalue weighted by Crippen LogP contribution is 2.18. The highest BCUT2D eigenvalue weighted by atomic mass is 16.5. The lowest BCUT2D eigenvalue weighted by atomic mass is 10.2. The molecule has 0 bridgehead atoms. The summed E-state index contributed by atoms with van der Waals surface area (Å²) in [5.74, 6) is 1.12. The van der Waals surface area contributed by atoms with Gasteiger partial charge >= 0.3 is 0 Å². The Morgan fingerprint density at radius 1 is 1.41 bits per heavy atom. The molecule has 2 aromatic heterocycles. The number of ether oxygens (including phenoxy) is 2. The summed E-state index contributed by atoms with van der Waals surface area (Å²) >= 11 is 0. The predicted octanol–water partition coefficient (Wildman–Crippen LogP) is 1.37. The number of rotatable bonds is 6. The van der Waals surface area contributed by atoms with E-state index in [0.29, 0.717) is 24.9 Å². The zero-order valence-corrected chi connectivity index (χ0v) is 12.6. The van der Waals surface area contributed by atoms with E-state index in [1.54, 1.807) is 19.5 Å². The van der Waals surface area contributed by atoms with E-state index in [2.05, 4.69) is 20.1 Å². The third-order valence-electron chi connectivity index (χ3n) is 3.60. The average molecular weight is 304 g/mol. The van der Waals surface area contributed by atoms with Crippen molar-refractivity contribution < 1.29 is 13.9 Å². The van der Waals surface area contributed by atoms with Gasteiger partial charge in [0.2, 0.25) is 11.8 Å². The minimum Gasteiger partial charge on any atom is -0.419 e. The third kappa shape index (κ3) is 3.88. The van der Waals surface area contributed by atoms with Gasteiger partial charge in [0.25, 0.3) is 0 Å². The highest BCUT2D eigenvalue weighted by molar-refractivity contribution is 5.49. The fourth-order valence-electron chi connectivity index (χ4n) is 2.46. The molecule has 2 aromatic rings. The van der Waals surface area contributed by atoms with Crippen molar-refractivity contribution in [2.24, 2.45) is 0 Å². The maximum Gasteiger partial charge on any atom is 0.249 e. The van der Waals surface area contributed by atoms with E-state index in [0.717, 1.165) is 31.7 Å². The number of nitrogens with zero attached hydrogens (tertiary/aromatic N) is 4. The van der Waals surface area contributed by atoms with Gasteiger partial charge in [-0.2, -0.15) is 0 Å². The van der Waals surface area contributed by atoms with Crippen LogP contribution in [0.3, 0.4) is 0 Å². The Balaban J connectivity index is 1.58. The molecule has 3 heterocycles. The minimum absolute atomic E-state index is 0.203. The van der Waals surface area contributed by atoms with Crippen molar-refractivity contribution in [2.45, 2.75) is 19.1 Å². The fraction of sp³-hybridized carbons (Fsp3) is 0.533. The van der Waals surface area contributed by atoms with E-state index in [-0.39, 0.29) is 6.10 Å². The average Bonchev–Trinajstić information content (AvgIpc) is 3.03. The molecular formula is C15H20N4O3. The van der Waals surface area contributed by atoms with Gasteiger partial charge in [-0.3, -0.25) is 9.88 Å². The van der Waals surface area contributed by atoms with Crippen LogP contribution in [0, 0.1) is 0 Å². The molecule has 0 radical (unpaired) electrons. The minimum atomic E-state index is 0.203. The second-order valence-electron chi connectivity index (χ2n) is 5.25. The van der Waals surface area contributed by atoms with Gasteiger partial charge in [0.1, 0.15) is 0 Å². The van der Waals surface area contributed by atoms with Gasteiger partial charge in [-0.25, -0.2) is 0 Å². The first-order valence-electron chi connectivity index (χ1n) is 7.41. The molecule has 0 unspecified atom stereocenters. The van der Waals surface area contributed by atoms with Gasteiger partial charge in [0, 0.05) is 39.2 Å².